The Morgan fingerprint density at radius 1 is 0.833 bits per heavy atom. The molecule has 1 aliphatic rings. The molecule has 0 bridgehead atoms. The van der Waals surface area contributed by atoms with Crippen molar-refractivity contribution < 1.29 is 22.6 Å². The SMILES string of the molecule is COc1cc(-c2ccnc(N3CCN(S(=O)(=O)c4cc(Cl)c(Cl)cc4Cl)CC3)n2)cc(OC)c1OC. The topological polar surface area (TPSA) is 94.1 Å². The Balaban J connectivity index is 1.55. The molecule has 1 fully saturated rings. The van der Waals surface area contributed by atoms with E-state index >= 15 is 0 Å². The molecular formula is C23H23Cl3N4O5S. The van der Waals surface area contributed by atoms with Crippen LogP contribution in [0, 0.1) is 0 Å². The molecular weight excluding hydrogens is 551 g/mol. The molecule has 0 N–H and O–H groups in total. The van der Waals surface area contributed by atoms with E-state index in [0.717, 1.165) is 5.56 Å². The van der Waals surface area contributed by atoms with Gasteiger partial charge in [0.1, 0.15) is 4.90 Å². The first-order valence-electron chi connectivity index (χ1n) is 10.7. The Morgan fingerprint density at radius 2 is 1.44 bits per heavy atom. The summed E-state index contributed by atoms with van der Waals surface area (Å²) < 4.78 is 44.0. The van der Waals surface area contributed by atoms with E-state index in [2.05, 4.69) is 4.98 Å². The van der Waals surface area contributed by atoms with E-state index in [4.69, 9.17) is 54.0 Å². The molecule has 0 saturated carbocycles. The van der Waals surface area contributed by atoms with Gasteiger partial charge in [0.2, 0.25) is 21.7 Å². The van der Waals surface area contributed by atoms with Crippen LogP contribution in [0.1, 0.15) is 0 Å². The second kappa shape index (κ2) is 10.9. The average Bonchev–Trinajstić information content (AvgIpc) is 2.89. The summed E-state index contributed by atoms with van der Waals surface area (Å²) in [5, 5.41) is 0.332. The summed E-state index contributed by atoms with van der Waals surface area (Å²) in [6.45, 7) is 1.21. The van der Waals surface area contributed by atoms with Crippen LogP contribution < -0.4 is 19.1 Å². The van der Waals surface area contributed by atoms with E-state index in [1.165, 1.54) is 23.5 Å². The molecule has 0 aliphatic carbocycles. The van der Waals surface area contributed by atoms with Gasteiger partial charge in [-0.05, 0) is 30.3 Å². The number of halogens is 3. The molecule has 4 rings (SSSR count). The number of sulfonamides is 1. The lowest BCUT2D eigenvalue weighted by Gasteiger charge is -2.34. The third kappa shape index (κ3) is 5.14. The van der Waals surface area contributed by atoms with Gasteiger partial charge in [-0.25, -0.2) is 18.4 Å². The molecule has 9 nitrogen and oxygen atoms in total. The lowest BCUT2D eigenvalue weighted by molar-refractivity contribution is 0.324. The molecule has 0 amide bonds. The van der Waals surface area contributed by atoms with Gasteiger partial charge < -0.3 is 19.1 Å². The maximum atomic E-state index is 13.2. The van der Waals surface area contributed by atoms with E-state index in [1.54, 1.807) is 38.6 Å². The summed E-state index contributed by atoms with van der Waals surface area (Å²) in [6, 6.07) is 7.99. The van der Waals surface area contributed by atoms with E-state index in [-0.39, 0.29) is 33.1 Å². The summed E-state index contributed by atoms with van der Waals surface area (Å²) in [6.07, 6.45) is 1.65. The van der Waals surface area contributed by atoms with Gasteiger partial charge in [0.05, 0.1) is 42.1 Å². The van der Waals surface area contributed by atoms with E-state index in [9.17, 15) is 8.42 Å². The number of hydrogen-bond acceptors (Lipinski definition) is 8. The zero-order valence-corrected chi connectivity index (χ0v) is 22.7. The molecule has 0 atom stereocenters. The van der Waals surface area contributed by atoms with Gasteiger partial charge in [-0.3, -0.25) is 0 Å². The minimum atomic E-state index is -3.86. The van der Waals surface area contributed by atoms with Crippen molar-refractivity contribution in [3.05, 3.63) is 51.6 Å². The van der Waals surface area contributed by atoms with Crippen molar-refractivity contribution in [1.29, 1.82) is 0 Å². The van der Waals surface area contributed by atoms with Crippen LogP contribution in [0.25, 0.3) is 11.3 Å². The van der Waals surface area contributed by atoms with Crippen LogP contribution in [0.4, 0.5) is 5.95 Å². The van der Waals surface area contributed by atoms with Crippen LogP contribution >= 0.6 is 34.8 Å². The minimum absolute atomic E-state index is 0.0215. The van der Waals surface area contributed by atoms with Crippen molar-refractivity contribution in [2.45, 2.75) is 4.90 Å². The first kappa shape index (κ1) is 26.6. The lowest BCUT2D eigenvalue weighted by Crippen LogP contribution is -2.49. The summed E-state index contributed by atoms with van der Waals surface area (Å²) in [5.41, 5.74) is 1.40. The molecule has 0 spiro atoms. The highest BCUT2D eigenvalue weighted by Crippen LogP contribution is 2.41. The molecule has 1 saturated heterocycles. The maximum Gasteiger partial charge on any atom is 0.244 e. The van der Waals surface area contributed by atoms with Gasteiger partial charge in [0, 0.05) is 37.9 Å². The van der Waals surface area contributed by atoms with Gasteiger partial charge in [-0.2, -0.15) is 4.31 Å². The zero-order chi connectivity index (χ0) is 26.0. The van der Waals surface area contributed by atoms with Gasteiger partial charge in [0.15, 0.2) is 11.5 Å². The van der Waals surface area contributed by atoms with Crippen molar-refractivity contribution in [2.24, 2.45) is 0 Å². The molecule has 0 radical (unpaired) electrons. The Bertz CT molecular complexity index is 1360. The maximum absolute atomic E-state index is 13.2. The largest absolute Gasteiger partial charge is 0.493 e. The fourth-order valence-corrected chi connectivity index (χ4v) is 6.26. The molecule has 13 heteroatoms. The summed E-state index contributed by atoms with van der Waals surface area (Å²) in [5.74, 6) is 1.97. The zero-order valence-electron chi connectivity index (χ0n) is 19.7. The highest BCUT2D eigenvalue weighted by molar-refractivity contribution is 7.89. The van der Waals surface area contributed by atoms with E-state index in [0.29, 0.717) is 42.0 Å². The van der Waals surface area contributed by atoms with Gasteiger partial charge in [0.25, 0.3) is 0 Å². The van der Waals surface area contributed by atoms with Gasteiger partial charge in [-0.15, -0.1) is 0 Å². The number of anilines is 1. The highest BCUT2D eigenvalue weighted by atomic mass is 35.5. The van der Waals surface area contributed by atoms with E-state index in [1.807, 2.05) is 4.90 Å². The average molecular weight is 574 g/mol. The quantitative estimate of drug-likeness (QED) is 0.378. The Kier molecular flexibility index (Phi) is 8.01. The highest BCUT2D eigenvalue weighted by Gasteiger charge is 2.31. The summed E-state index contributed by atoms with van der Waals surface area (Å²) in [7, 11) is 0.774. The number of ether oxygens (including phenoxy) is 3. The van der Waals surface area contributed by atoms with Crippen LogP contribution in [0.2, 0.25) is 15.1 Å². The molecule has 36 heavy (non-hydrogen) atoms. The smallest absolute Gasteiger partial charge is 0.244 e. The second-order valence-corrected chi connectivity index (χ2v) is 10.9. The minimum Gasteiger partial charge on any atom is -0.493 e. The number of methoxy groups -OCH3 is 3. The molecule has 0 unspecified atom stereocenters. The fraction of sp³-hybridized carbons (Fsp3) is 0.304. The molecule has 1 aromatic heterocycles. The first-order valence-corrected chi connectivity index (χ1v) is 13.3. The third-order valence-electron chi connectivity index (χ3n) is 5.72. The summed E-state index contributed by atoms with van der Waals surface area (Å²) in [4.78, 5) is 10.9. The normalized spacial score (nSPS) is 14.6. The molecule has 192 valence electrons. The number of nitrogens with zero attached hydrogens (tertiary/aromatic N) is 4. The van der Waals surface area contributed by atoms with Crippen molar-refractivity contribution >= 4 is 50.8 Å². The van der Waals surface area contributed by atoms with Gasteiger partial charge in [-0.1, -0.05) is 34.8 Å². The first-order chi connectivity index (χ1) is 17.2. The lowest BCUT2D eigenvalue weighted by atomic mass is 10.1. The van der Waals surface area contributed by atoms with Crippen molar-refractivity contribution in [3.63, 3.8) is 0 Å². The Labute approximate surface area is 224 Å². The number of piperazine rings is 1. The fourth-order valence-electron chi connectivity index (χ4n) is 3.86. The van der Waals surface area contributed by atoms with Crippen LogP contribution in [0.3, 0.4) is 0 Å². The number of hydrogen-bond donors (Lipinski definition) is 0. The van der Waals surface area contributed by atoms with Crippen LogP contribution in [-0.2, 0) is 10.0 Å². The van der Waals surface area contributed by atoms with Crippen LogP contribution in [0.5, 0.6) is 17.2 Å². The van der Waals surface area contributed by atoms with Gasteiger partial charge >= 0.3 is 0 Å². The molecule has 2 aromatic carbocycles. The van der Waals surface area contributed by atoms with Crippen molar-refractivity contribution in [1.82, 2.24) is 14.3 Å². The standard InChI is InChI=1S/C23H23Cl3N4O5S/c1-33-19-10-14(11-20(34-2)22(19)35-3)18-4-5-27-23(28-18)29-6-8-30(9-7-29)36(31,32)21-13-16(25)15(24)12-17(21)26/h4-5,10-13H,6-9H2,1-3H3. The molecule has 2 heterocycles. The van der Waals surface area contributed by atoms with E-state index < -0.39 is 10.0 Å². The number of aromatic nitrogens is 2. The van der Waals surface area contributed by atoms with Crippen LogP contribution in [0.15, 0.2) is 41.4 Å². The predicted octanol–water partition coefficient (Wildman–Crippen LogP) is 4.64. The number of rotatable bonds is 7. The summed E-state index contributed by atoms with van der Waals surface area (Å²) >= 11 is 18.1. The number of benzene rings is 2. The second-order valence-electron chi connectivity index (χ2n) is 7.74. The van der Waals surface area contributed by atoms with Crippen molar-refractivity contribution in [2.75, 3.05) is 52.4 Å². The third-order valence-corrected chi connectivity index (χ3v) is 8.80. The predicted molar refractivity (Wildman–Crippen MR) is 140 cm³/mol. The van der Waals surface area contributed by atoms with Crippen LogP contribution in [-0.4, -0.2) is 70.2 Å². The molecule has 1 aliphatic heterocycles. The monoisotopic (exact) mass is 572 g/mol. The molecule has 3 aromatic rings. The Morgan fingerprint density at radius 3 is 2.03 bits per heavy atom. The van der Waals surface area contributed by atoms with Crippen molar-refractivity contribution in [3.8, 4) is 28.5 Å². The Hall–Kier alpha value is -2.50.